The summed E-state index contributed by atoms with van der Waals surface area (Å²) < 4.78 is 16.9. The molecule has 0 radical (unpaired) electrons. The van der Waals surface area contributed by atoms with Crippen LogP contribution in [0.25, 0.3) is 0 Å². The Kier molecular flexibility index (Phi) is 64.2. The number of allylic oxidation sites excluding steroid dienone is 10. The molecule has 0 fully saturated rings. The molecule has 0 aliphatic rings. The molecule has 0 aromatic heterocycles. The number of rotatable bonds is 63. The number of unbranched alkanes of at least 4 members (excludes halogenated alkanes) is 42. The number of ether oxygens (including phenoxy) is 3. The van der Waals surface area contributed by atoms with Gasteiger partial charge in [0, 0.05) is 19.3 Å². The Balaban J connectivity index is 4.30. The minimum absolute atomic E-state index is 0.0830. The predicted molar refractivity (Wildman–Crippen MR) is 339 cm³/mol. The van der Waals surface area contributed by atoms with Crippen molar-refractivity contribution in [2.75, 3.05) is 13.2 Å². The van der Waals surface area contributed by atoms with Gasteiger partial charge in [-0.3, -0.25) is 14.4 Å². The summed E-state index contributed by atoms with van der Waals surface area (Å²) in [5, 5.41) is 0. The van der Waals surface area contributed by atoms with Crippen molar-refractivity contribution in [2.24, 2.45) is 0 Å². The molecule has 1 atom stereocenters. The highest BCUT2D eigenvalue weighted by Gasteiger charge is 2.19. The van der Waals surface area contributed by atoms with Gasteiger partial charge in [0.25, 0.3) is 0 Å². The van der Waals surface area contributed by atoms with Gasteiger partial charge in [-0.05, 0) is 64.2 Å². The summed E-state index contributed by atoms with van der Waals surface area (Å²) in [5.74, 6) is -0.892. The molecule has 0 aromatic rings. The lowest BCUT2D eigenvalue weighted by atomic mass is 10.0. The molecule has 0 spiro atoms. The van der Waals surface area contributed by atoms with Gasteiger partial charge < -0.3 is 14.2 Å². The van der Waals surface area contributed by atoms with E-state index in [1.807, 2.05) is 0 Å². The first-order valence-electron chi connectivity index (χ1n) is 34.3. The Bertz CT molecular complexity index is 1390. The number of hydrogen-bond donors (Lipinski definition) is 0. The van der Waals surface area contributed by atoms with Crippen LogP contribution in [0.15, 0.2) is 60.8 Å². The first-order valence-corrected chi connectivity index (χ1v) is 34.3. The van der Waals surface area contributed by atoms with Gasteiger partial charge in [-0.2, -0.15) is 0 Å². The summed E-state index contributed by atoms with van der Waals surface area (Å²) in [5.41, 5.74) is 0. The van der Waals surface area contributed by atoms with Gasteiger partial charge in [0.1, 0.15) is 13.2 Å². The summed E-state index contributed by atoms with van der Waals surface area (Å²) >= 11 is 0. The van der Waals surface area contributed by atoms with Crippen molar-refractivity contribution < 1.29 is 28.6 Å². The van der Waals surface area contributed by atoms with Crippen LogP contribution in [0.1, 0.15) is 361 Å². The van der Waals surface area contributed by atoms with Crippen LogP contribution in [0.3, 0.4) is 0 Å². The lowest BCUT2D eigenvalue weighted by Crippen LogP contribution is -2.30. The number of carbonyl (C=O) groups excluding carboxylic acids is 3. The van der Waals surface area contributed by atoms with Gasteiger partial charge in [-0.25, -0.2) is 0 Å². The van der Waals surface area contributed by atoms with Crippen LogP contribution in [0.2, 0.25) is 0 Å². The van der Waals surface area contributed by atoms with E-state index in [1.54, 1.807) is 0 Å². The molecule has 6 nitrogen and oxygen atoms in total. The number of esters is 3. The first-order chi connectivity index (χ1) is 38.5. The smallest absolute Gasteiger partial charge is 0.306 e. The molecule has 454 valence electrons. The molecule has 0 bridgehead atoms. The fraction of sp³-hybridized carbons (Fsp3) is 0.819. The number of hydrogen-bond acceptors (Lipinski definition) is 6. The molecule has 78 heavy (non-hydrogen) atoms. The normalized spacial score (nSPS) is 12.4. The highest BCUT2D eigenvalue weighted by atomic mass is 16.6. The monoisotopic (exact) mass is 1090 g/mol. The minimum Gasteiger partial charge on any atom is -0.462 e. The van der Waals surface area contributed by atoms with Gasteiger partial charge in [0.2, 0.25) is 0 Å². The van der Waals surface area contributed by atoms with E-state index in [-0.39, 0.29) is 31.1 Å². The predicted octanol–water partition coefficient (Wildman–Crippen LogP) is 23.5. The van der Waals surface area contributed by atoms with Crippen LogP contribution < -0.4 is 0 Å². The summed E-state index contributed by atoms with van der Waals surface area (Å²) in [6.07, 6.45) is 85.3. The zero-order valence-corrected chi connectivity index (χ0v) is 52.2. The Morgan fingerprint density at radius 1 is 0.269 bits per heavy atom. The van der Waals surface area contributed by atoms with Crippen molar-refractivity contribution in [1.29, 1.82) is 0 Å². The van der Waals surface area contributed by atoms with Crippen molar-refractivity contribution in [3.05, 3.63) is 60.8 Å². The van der Waals surface area contributed by atoms with E-state index in [2.05, 4.69) is 81.5 Å². The fourth-order valence-electron chi connectivity index (χ4n) is 10.2. The molecule has 0 aliphatic carbocycles. The maximum Gasteiger partial charge on any atom is 0.306 e. The molecule has 0 rings (SSSR count). The molecule has 0 saturated heterocycles. The van der Waals surface area contributed by atoms with Gasteiger partial charge in [0.15, 0.2) is 6.10 Å². The molecule has 1 unspecified atom stereocenters. The average molecular weight is 1090 g/mol. The quantitative estimate of drug-likeness (QED) is 0.0261. The molecule has 0 aromatic carbocycles. The van der Waals surface area contributed by atoms with Crippen molar-refractivity contribution in [3.8, 4) is 0 Å². The Hall–Kier alpha value is -2.89. The molecule has 0 heterocycles. The summed E-state index contributed by atoms with van der Waals surface area (Å²) in [6, 6.07) is 0. The molecular formula is C72H130O6. The van der Waals surface area contributed by atoms with Gasteiger partial charge in [-0.1, -0.05) is 338 Å². The lowest BCUT2D eigenvalue weighted by molar-refractivity contribution is -0.167. The van der Waals surface area contributed by atoms with Gasteiger partial charge in [-0.15, -0.1) is 0 Å². The van der Waals surface area contributed by atoms with Crippen molar-refractivity contribution >= 4 is 17.9 Å². The highest BCUT2D eigenvalue weighted by Crippen LogP contribution is 2.18. The Labute approximate surface area is 485 Å². The lowest BCUT2D eigenvalue weighted by Gasteiger charge is -2.18. The SMILES string of the molecule is CC/C=C\C/C=C\C/C=C\C/C=C\C/C=C\CCCCCC(=O)OC(COC(=O)CCCCCCCCCCCCCCCCC)COC(=O)CCCCCCCCCCCCCCCCCCCCCCCCCCCC. The van der Waals surface area contributed by atoms with E-state index in [0.717, 1.165) is 96.3 Å². The third kappa shape index (κ3) is 63.9. The van der Waals surface area contributed by atoms with Crippen LogP contribution in [-0.4, -0.2) is 37.2 Å². The van der Waals surface area contributed by atoms with E-state index >= 15 is 0 Å². The topological polar surface area (TPSA) is 78.9 Å². The average Bonchev–Trinajstić information content (AvgIpc) is 3.44. The molecule has 0 aliphatic heterocycles. The maximum atomic E-state index is 12.9. The zero-order valence-electron chi connectivity index (χ0n) is 52.2. The third-order valence-electron chi connectivity index (χ3n) is 15.3. The fourth-order valence-corrected chi connectivity index (χ4v) is 10.2. The second kappa shape index (κ2) is 66.6. The molecule has 0 amide bonds. The molecule has 0 N–H and O–H groups in total. The van der Waals surface area contributed by atoms with Gasteiger partial charge >= 0.3 is 17.9 Å². The maximum absolute atomic E-state index is 12.9. The number of carbonyl (C=O) groups is 3. The van der Waals surface area contributed by atoms with Crippen molar-refractivity contribution in [3.63, 3.8) is 0 Å². The summed E-state index contributed by atoms with van der Waals surface area (Å²) in [7, 11) is 0. The Morgan fingerprint density at radius 3 is 0.782 bits per heavy atom. The van der Waals surface area contributed by atoms with E-state index in [9.17, 15) is 14.4 Å². The summed E-state index contributed by atoms with van der Waals surface area (Å²) in [6.45, 7) is 6.56. The summed E-state index contributed by atoms with van der Waals surface area (Å²) in [4.78, 5) is 38.4. The molecule has 0 saturated carbocycles. The second-order valence-electron chi connectivity index (χ2n) is 23.1. The van der Waals surface area contributed by atoms with E-state index in [0.29, 0.717) is 19.3 Å². The van der Waals surface area contributed by atoms with Crippen molar-refractivity contribution in [2.45, 2.75) is 367 Å². The van der Waals surface area contributed by atoms with Gasteiger partial charge in [0.05, 0.1) is 0 Å². The van der Waals surface area contributed by atoms with Crippen LogP contribution >= 0.6 is 0 Å². The van der Waals surface area contributed by atoms with Crippen molar-refractivity contribution in [1.82, 2.24) is 0 Å². The Morgan fingerprint density at radius 2 is 0.500 bits per heavy atom. The molecular weight excluding hydrogens is 961 g/mol. The largest absolute Gasteiger partial charge is 0.462 e. The third-order valence-corrected chi connectivity index (χ3v) is 15.3. The molecule has 6 heteroatoms. The second-order valence-corrected chi connectivity index (χ2v) is 23.1. The van der Waals surface area contributed by atoms with Crippen LogP contribution in [-0.2, 0) is 28.6 Å². The zero-order chi connectivity index (χ0) is 56.4. The minimum atomic E-state index is -0.790. The van der Waals surface area contributed by atoms with Crippen LogP contribution in [0.4, 0.5) is 0 Å². The van der Waals surface area contributed by atoms with Crippen LogP contribution in [0.5, 0.6) is 0 Å². The van der Waals surface area contributed by atoms with E-state index < -0.39 is 6.10 Å². The first kappa shape index (κ1) is 75.1. The van der Waals surface area contributed by atoms with Crippen LogP contribution in [0, 0.1) is 0 Å². The highest BCUT2D eigenvalue weighted by molar-refractivity contribution is 5.71. The van der Waals surface area contributed by atoms with E-state index in [4.69, 9.17) is 14.2 Å². The standard InChI is InChI=1S/C72H130O6/c1-4-7-10-13-16-19-22-25-28-30-32-33-34-35-36-37-38-40-41-44-47-50-53-56-59-62-65-71(74)77-68-69(67-76-70(73)64-61-58-55-52-49-46-43-27-24-21-18-15-12-9-6-3)78-72(75)66-63-60-57-54-51-48-45-42-39-31-29-26-23-20-17-14-11-8-5-2/h8,11,17,20,26,29,39,42,48,51,69H,4-7,9-10,12-16,18-19,21-25,27-28,30-38,40-41,43-47,49-50,52-68H2,1-3H3/b11-8-,20-17-,29-26-,42-39-,51-48-. The van der Waals surface area contributed by atoms with E-state index in [1.165, 1.54) is 225 Å².